The molecule has 4 heterocycles. The van der Waals surface area contributed by atoms with Crippen LogP contribution in [0.3, 0.4) is 0 Å². The first-order chi connectivity index (χ1) is 20.8. The summed E-state index contributed by atoms with van der Waals surface area (Å²) >= 11 is 6.34. The number of aliphatic carboxylic acids is 2. The summed E-state index contributed by atoms with van der Waals surface area (Å²) in [5.74, 6) is -4.90. The molecule has 2 aromatic rings. The molecule has 234 valence electrons. The SMILES string of the molecule is Nc1nc(C(=NOCC(=O)O)C(=O)NC2C(=O)N3C(C(=O)O)=C(C=C(S)c4n[nH]c(=O)c(=O)n4CC(O)CO)CSC23)cs1. The van der Waals surface area contributed by atoms with Crippen LogP contribution < -0.4 is 22.2 Å². The molecule has 0 aliphatic carbocycles. The summed E-state index contributed by atoms with van der Waals surface area (Å²) < 4.78 is 0.758. The van der Waals surface area contributed by atoms with E-state index < -0.39 is 83.6 Å². The number of hydrogen-bond acceptors (Lipinski definition) is 16. The van der Waals surface area contributed by atoms with Crippen LogP contribution in [0.25, 0.3) is 4.91 Å². The molecular formula is C22H22N8O11S3. The Morgan fingerprint density at radius 1 is 1.32 bits per heavy atom. The molecule has 3 atom stereocenters. The summed E-state index contributed by atoms with van der Waals surface area (Å²) in [4.78, 5) is 82.9. The Hall–Kier alpha value is -4.51. The summed E-state index contributed by atoms with van der Waals surface area (Å²) in [6.45, 7) is -2.12. The number of H-pyrrole nitrogens is 1. The second kappa shape index (κ2) is 13.4. The van der Waals surface area contributed by atoms with Crippen LogP contribution in [0.4, 0.5) is 5.13 Å². The molecule has 2 aliphatic rings. The molecule has 2 aromatic heterocycles. The average molecular weight is 671 g/mol. The molecule has 1 saturated heterocycles. The number of β-lactam (4-membered cyclic amide) rings is 1. The zero-order valence-corrected chi connectivity index (χ0v) is 24.5. The van der Waals surface area contributed by atoms with Gasteiger partial charge < -0.3 is 36.3 Å². The Morgan fingerprint density at radius 2 is 2.05 bits per heavy atom. The first kappa shape index (κ1) is 32.4. The van der Waals surface area contributed by atoms with Crippen LogP contribution in [-0.2, 0) is 30.6 Å². The van der Waals surface area contributed by atoms with Crippen molar-refractivity contribution in [2.75, 3.05) is 24.7 Å². The van der Waals surface area contributed by atoms with E-state index in [4.69, 9.17) is 15.9 Å². The number of nitrogens with zero attached hydrogens (tertiary/aromatic N) is 5. The monoisotopic (exact) mass is 670 g/mol. The first-order valence-corrected chi connectivity index (χ1v) is 14.5. The van der Waals surface area contributed by atoms with Crippen molar-refractivity contribution in [1.29, 1.82) is 0 Å². The highest BCUT2D eigenvalue weighted by Gasteiger charge is 2.54. The predicted octanol–water partition coefficient (Wildman–Crippen LogP) is -3.16. The van der Waals surface area contributed by atoms with Gasteiger partial charge in [0, 0.05) is 16.0 Å². The number of nitrogens with one attached hydrogen (secondary N) is 2. The summed E-state index contributed by atoms with van der Waals surface area (Å²) in [5.41, 5.74) is 2.50. The predicted molar refractivity (Wildman–Crippen MR) is 156 cm³/mol. The molecule has 3 unspecified atom stereocenters. The standard InChI is InChI=1S/C22H22N8O11S3/c23-22-24-9(6-44-22)12(28-41-4-11(33)34)16(35)25-13-18(37)30-14(21(39)40)7(5-43-20(13)30)1-10(42)15-26-27-17(36)19(38)29(15)2-8(32)3-31/h1,6,8,13,20,31-32,42H,2-5H2,(H2,23,24)(H,25,35)(H,27,36)(H,33,34)(H,39,40). The number of anilines is 1. The van der Waals surface area contributed by atoms with Gasteiger partial charge in [0.25, 0.3) is 11.8 Å². The number of aliphatic hydroxyl groups is 2. The van der Waals surface area contributed by atoms with E-state index in [1.165, 1.54) is 11.5 Å². The average Bonchev–Trinajstić information content (AvgIpc) is 3.41. The molecule has 0 radical (unpaired) electrons. The van der Waals surface area contributed by atoms with Crippen LogP contribution in [0, 0.1) is 0 Å². The third kappa shape index (κ3) is 6.67. The molecule has 0 aromatic carbocycles. The van der Waals surface area contributed by atoms with E-state index in [2.05, 4.69) is 38.0 Å². The fourth-order valence-electron chi connectivity index (χ4n) is 4.01. The van der Waals surface area contributed by atoms with Crippen molar-refractivity contribution in [3.8, 4) is 0 Å². The van der Waals surface area contributed by atoms with E-state index in [0.29, 0.717) is 0 Å². The maximum absolute atomic E-state index is 13.1. The van der Waals surface area contributed by atoms with Crippen LogP contribution in [0.2, 0.25) is 0 Å². The molecule has 44 heavy (non-hydrogen) atoms. The Labute approximate surface area is 258 Å². The van der Waals surface area contributed by atoms with Gasteiger partial charge in [-0.3, -0.25) is 28.6 Å². The number of carbonyl (C=O) groups excluding carboxylic acids is 2. The zero-order chi connectivity index (χ0) is 32.3. The van der Waals surface area contributed by atoms with E-state index >= 15 is 0 Å². The van der Waals surface area contributed by atoms with Gasteiger partial charge >= 0.3 is 23.1 Å². The van der Waals surface area contributed by atoms with Gasteiger partial charge in [-0.25, -0.2) is 19.7 Å². The van der Waals surface area contributed by atoms with Crippen molar-refractivity contribution in [2.24, 2.45) is 5.16 Å². The number of nitrogen functional groups attached to an aromatic ring is 1. The normalized spacial score (nSPS) is 19.2. The van der Waals surface area contributed by atoms with Crippen molar-refractivity contribution >= 4 is 75.2 Å². The van der Waals surface area contributed by atoms with Gasteiger partial charge in [0.2, 0.25) is 6.61 Å². The van der Waals surface area contributed by atoms with Gasteiger partial charge in [-0.2, -0.15) is 5.10 Å². The Balaban J connectivity index is 1.61. The summed E-state index contributed by atoms with van der Waals surface area (Å²) in [5, 5.41) is 50.0. The quantitative estimate of drug-likeness (QED) is 0.0363. The number of oxime groups is 1. The van der Waals surface area contributed by atoms with E-state index in [9.17, 15) is 39.0 Å². The molecule has 4 rings (SSSR count). The van der Waals surface area contributed by atoms with Gasteiger partial charge in [0.1, 0.15) is 22.8 Å². The van der Waals surface area contributed by atoms with Crippen molar-refractivity contribution in [1.82, 2.24) is 30.0 Å². The molecule has 0 spiro atoms. The lowest BCUT2D eigenvalue weighted by Crippen LogP contribution is -2.71. The number of aliphatic hydroxyl groups excluding tert-OH is 2. The van der Waals surface area contributed by atoms with Crippen molar-refractivity contribution < 1.29 is 44.4 Å². The number of rotatable bonds is 12. The highest BCUT2D eigenvalue weighted by atomic mass is 32.2. The summed E-state index contributed by atoms with van der Waals surface area (Å²) in [6, 6.07) is -1.21. The molecule has 8 N–H and O–H groups in total. The minimum atomic E-state index is -1.49. The van der Waals surface area contributed by atoms with Gasteiger partial charge in [-0.05, 0) is 11.6 Å². The number of aromatic amines is 1. The van der Waals surface area contributed by atoms with Gasteiger partial charge in [0.15, 0.2) is 16.7 Å². The van der Waals surface area contributed by atoms with Gasteiger partial charge in [0.05, 0.1) is 19.3 Å². The lowest BCUT2D eigenvalue weighted by atomic mass is 10.0. The number of thiol groups is 1. The van der Waals surface area contributed by atoms with Crippen molar-refractivity contribution in [3.05, 3.63) is 55.0 Å². The minimum Gasteiger partial charge on any atom is -0.479 e. The van der Waals surface area contributed by atoms with Crippen molar-refractivity contribution in [3.63, 3.8) is 0 Å². The first-order valence-electron chi connectivity index (χ1n) is 12.1. The lowest BCUT2D eigenvalue weighted by molar-refractivity contribution is -0.150. The molecule has 1 fully saturated rings. The Bertz CT molecular complexity index is 1730. The number of thioether (sulfide) groups is 1. The minimum absolute atomic E-state index is 0.0232. The fraction of sp³-hybridized carbons (Fsp3) is 0.318. The summed E-state index contributed by atoms with van der Waals surface area (Å²) in [7, 11) is 0. The number of thiazole rings is 1. The van der Waals surface area contributed by atoms with E-state index in [0.717, 1.165) is 32.6 Å². The molecule has 0 bridgehead atoms. The highest BCUT2D eigenvalue weighted by Crippen LogP contribution is 2.41. The van der Waals surface area contributed by atoms with E-state index in [1.54, 1.807) is 0 Å². The number of hydrogen-bond donors (Lipinski definition) is 8. The molecular weight excluding hydrogens is 648 g/mol. The molecule has 19 nitrogen and oxygen atoms in total. The number of allylic oxidation sites excluding steroid dienone is 1. The zero-order valence-electron chi connectivity index (χ0n) is 21.9. The molecule has 22 heteroatoms. The number of aromatic nitrogens is 4. The number of nitrogens with two attached hydrogens (primary N) is 1. The fourth-order valence-corrected chi connectivity index (χ4v) is 6.19. The second-order valence-electron chi connectivity index (χ2n) is 8.88. The number of carbonyl (C=O) groups is 4. The molecule has 2 amide bonds. The van der Waals surface area contributed by atoms with Crippen LogP contribution in [0.1, 0.15) is 11.5 Å². The smallest absolute Gasteiger partial charge is 0.352 e. The number of fused-ring (bicyclic) bond motifs is 1. The van der Waals surface area contributed by atoms with E-state index in [1.807, 2.05) is 5.10 Å². The van der Waals surface area contributed by atoms with Crippen LogP contribution in [0.5, 0.6) is 0 Å². The van der Waals surface area contributed by atoms with Crippen molar-refractivity contribution in [2.45, 2.75) is 24.1 Å². The molecule has 0 saturated carbocycles. The van der Waals surface area contributed by atoms with E-state index in [-0.39, 0.29) is 32.9 Å². The molecule has 2 aliphatic heterocycles. The second-order valence-corrected chi connectivity index (χ2v) is 11.4. The Kier molecular flexibility index (Phi) is 9.88. The Morgan fingerprint density at radius 3 is 2.66 bits per heavy atom. The summed E-state index contributed by atoms with van der Waals surface area (Å²) in [6.07, 6.45) is -0.211. The number of carboxylic acids is 2. The number of amides is 2. The largest absolute Gasteiger partial charge is 0.479 e. The highest BCUT2D eigenvalue weighted by molar-refractivity contribution is 8.00. The lowest BCUT2D eigenvalue weighted by Gasteiger charge is -2.49. The number of carboxylic acid groups (broad SMARTS) is 2. The third-order valence-corrected chi connectivity index (χ3v) is 8.22. The van der Waals surface area contributed by atoms with Gasteiger partial charge in [-0.15, -0.1) is 35.7 Å². The maximum atomic E-state index is 13.1. The van der Waals surface area contributed by atoms with Crippen LogP contribution in [-0.4, -0.2) is 111 Å². The van der Waals surface area contributed by atoms with Gasteiger partial charge in [-0.1, -0.05) is 5.16 Å². The van der Waals surface area contributed by atoms with Crippen LogP contribution in [0.15, 0.2) is 37.5 Å². The topological polar surface area (TPSA) is 293 Å². The third-order valence-electron chi connectivity index (χ3n) is 5.91. The maximum Gasteiger partial charge on any atom is 0.352 e. The van der Waals surface area contributed by atoms with Crippen LogP contribution >= 0.6 is 35.7 Å².